The molecule has 3 heteroatoms. The molecule has 0 aliphatic rings. The van der Waals surface area contributed by atoms with Gasteiger partial charge in [-0.1, -0.05) is 27.7 Å². The van der Waals surface area contributed by atoms with Crippen molar-refractivity contribution in [2.75, 3.05) is 6.54 Å². The van der Waals surface area contributed by atoms with Crippen LogP contribution in [0, 0.1) is 10.8 Å². The molecule has 0 bridgehead atoms. The molecule has 0 fully saturated rings. The molecule has 12 heavy (non-hydrogen) atoms. The number of carbonyl (C=O) groups excluding carboxylic acids is 1. The van der Waals surface area contributed by atoms with Crippen molar-refractivity contribution in [3.63, 3.8) is 0 Å². The molecule has 0 radical (unpaired) electrons. The Morgan fingerprint density at radius 3 is 1.92 bits per heavy atom. The molecule has 0 heterocycles. The Morgan fingerprint density at radius 2 is 1.67 bits per heavy atom. The number of hydrogen-bond donors (Lipinski definition) is 2. The van der Waals surface area contributed by atoms with Gasteiger partial charge in [-0.05, 0) is 18.4 Å². The minimum Gasteiger partial charge on any atom is -0.369 e. The van der Waals surface area contributed by atoms with Crippen LogP contribution in [-0.4, -0.2) is 12.5 Å². The summed E-state index contributed by atoms with van der Waals surface area (Å²) in [5, 5.41) is 0. The van der Waals surface area contributed by atoms with Gasteiger partial charge in [0.05, 0.1) is 0 Å². The molecule has 0 aliphatic carbocycles. The lowest BCUT2D eigenvalue weighted by Crippen LogP contribution is -2.38. The van der Waals surface area contributed by atoms with E-state index in [4.69, 9.17) is 11.5 Å². The van der Waals surface area contributed by atoms with Crippen LogP contribution in [0.25, 0.3) is 0 Å². The smallest absolute Gasteiger partial charge is 0.223 e. The number of carbonyl (C=O) groups is 1. The van der Waals surface area contributed by atoms with Crippen molar-refractivity contribution >= 4 is 5.91 Å². The fourth-order valence-corrected chi connectivity index (χ4v) is 1.36. The molecule has 0 spiro atoms. The first-order valence-corrected chi connectivity index (χ1v) is 4.21. The van der Waals surface area contributed by atoms with Crippen molar-refractivity contribution in [3.8, 4) is 0 Å². The average Bonchev–Trinajstić information content (AvgIpc) is 1.85. The molecule has 4 N–H and O–H groups in total. The normalized spacial score (nSPS) is 13.1. The summed E-state index contributed by atoms with van der Waals surface area (Å²) in [7, 11) is 0. The lowest BCUT2D eigenvalue weighted by atomic mass is 9.75. The fourth-order valence-electron chi connectivity index (χ4n) is 1.36. The Kier molecular flexibility index (Phi) is 3.27. The molecule has 0 unspecified atom stereocenters. The van der Waals surface area contributed by atoms with Crippen LogP contribution in [-0.2, 0) is 4.79 Å². The molecule has 0 aromatic heterocycles. The zero-order valence-corrected chi connectivity index (χ0v) is 8.48. The maximum atomic E-state index is 11.0. The maximum absolute atomic E-state index is 11.0. The molecule has 0 aromatic rings. The van der Waals surface area contributed by atoms with Gasteiger partial charge in [-0.15, -0.1) is 0 Å². The monoisotopic (exact) mass is 172 g/mol. The molecule has 0 aromatic carbocycles. The lowest BCUT2D eigenvalue weighted by molar-refractivity contribution is -0.127. The first-order chi connectivity index (χ1) is 5.21. The Labute approximate surface area is 74.5 Å². The molecule has 72 valence electrons. The van der Waals surface area contributed by atoms with E-state index in [2.05, 4.69) is 0 Å². The van der Waals surface area contributed by atoms with Gasteiger partial charge in [0.2, 0.25) is 5.91 Å². The van der Waals surface area contributed by atoms with Crippen LogP contribution in [0.2, 0.25) is 0 Å². The largest absolute Gasteiger partial charge is 0.369 e. The Bertz CT molecular complexity index is 173. The summed E-state index contributed by atoms with van der Waals surface area (Å²) < 4.78 is 0. The molecular formula is C9H20N2O. The molecule has 0 aliphatic heterocycles. The average molecular weight is 172 g/mol. The van der Waals surface area contributed by atoms with Gasteiger partial charge in [0, 0.05) is 5.41 Å². The third kappa shape index (κ3) is 3.22. The summed E-state index contributed by atoms with van der Waals surface area (Å²) in [4.78, 5) is 11.0. The Hall–Kier alpha value is -0.570. The Balaban J connectivity index is 4.34. The molecule has 0 saturated heterocycles. The standard InChI is InChI=1S/C9H20N2O/c1-8(2,6-10)5-9(3,4)7(11)12/h5-6,10H2,1-4H3,(H2,11,12). The van der Waals surface area contributed by atoms with E-state index in [1.165, 1.54) is 0 Å². The van der Waals surface area contributed by atoms with Crippen molar-refractivity contribution < 1.29 is 4.79 Å². The van der Waals surface area contributed by atoms with Crippen molar-refractivity contribution in [1.82, 2.24) is 0 Å². The minimum absolute atomic E-state index is 0.0153. The van der Waals surface area contributed by atoms with Crippen LogP contribution in [0.15, 0.2) is 0 Å². The number of primary amides is 1. The molecule has 0 atom stereocenters. The number of rotatable bonds is 4. The van der Waals surface area contributed by atoms with Crippen LogP contribution >= 0.6 is 0 Å². The SMILES string of the molecule is CC(C)(CN)CC(C)(C)C(N)=O. The van der Waals surface area contributed by atoms with Gasteiger partial charge in [-0.3, -0.25) is 4.79 Å². The zero-order chi connectivity index (χ0) is 9.99. The predicted octanol–water partition coefficient (Wildman–Crippen LogP) is 0.873. The van der Waals surface area contributed by atoms with E-state index in [9.17, 15) is 4.79 Å². The summed E-state index contributed by atoms with van der Waals surface area (Å²) in [5.41, 5.74) is 10.3. The number of hydrogen-bond acceptors (Lipinski definition) is 2. The molecule has 0 rings (SSSR count). The summed E-state index contributed by atoms with van der Waals surface area (Å²) in [6.45, 7) is 8.36. The Morgan fingerprint density at radius 1 is 1.25 bits per heavy atom. The van der Waals surface area contributed by atoms with E-state index < -0.39 is 5.41 Å². The van der Waals surface area contributed by atoms with Crippen molar-refractivity contribution in [3.05, 3.63) is 0 Å². The molecule has 3 nitrogen and oxygen atoms in total. The van der Waals surface area contributed by atoms with E-state index in [1.54, 1.807) is 0 Å². The highest BCUT2D eigenvalue weighted by atomic mass is 16.1. The summed E-state index contributed by atoms with van der Waals surface area (Å²) in [6.07, 6.45) is 0.728. The van der Waals surface area contributed by atoms with Gasteiger partial charge < -0.3 is 11.5 Å². The lowest BCUT2D eigenvalue weighted by Gasteiger charge is -2.31. The van der Waals surface area contributed by atoms with E-state index in [0.717, 1.165) is 6.42 Å². The topological polar surface area (TPSA) is 69.1 Å². The fraction of sp³-hybridized carbons (Fsp3) is 0.889. The predicted molar refractivity (Wildman–Crippen MR) is 50.4 cm³/mol. The third-order valence-corrected chi connectivity index (χ3v) is 2.14. The van der Waals surface area contributed by atoms with Gasteiger partial charge in [-0.25, -0.2) is 0 Å². The first kappa shape index (κ1) is 11.4. The minimum atomic E-state index is -0.455. The highest BCUT2D eigenvalue weighted by molar-refractivity contribution is 5.79. The second-order valence-electron chi connectivity index (χ2n) is 4.79. The summed E-state index contributed by atoms with van der Waals surface area (Å²) in [6, 6.07) is 0. The van der Waals surface area contributed by atoms with Crippen LogP contribution in [0.3, 0.4) is 0 Å². The summed E-state index contributed by atoms with van der Waals surface area (Å²) >= 11 is 0. The van der Waals surface area contributed by atoms with E-state index in [1.807, 2.05) is 27.7 Å². The van der Waals surface area contributed by atoms with Gasteiger partial charge in [0.1, 0.15) is 0 Å². The van der Waals surface area contributed by atoms with Crippen LogP contribution in [0.4, 0.5) is 0 Å². The van der Waals surface area contributed by atoms with Gasteiger partial charge >= 0.3 is 0 Å². The number of amides is 1. The van der Waals surface area contributed by atoms with Crippen LogP contribution in [0.5, 0.6) is 0 Å². The number of nitrogens with two attached hydrogens (primary N) is 2. The van der Waals surface area contributed by atoms with Gasteiger partial charge in [0.15, 0.2) is 0 Å². The second-order valence-corrected chi connectivity index (χ2v) is 4.79. The van der Waals surface area contributed by atoms with Crippen molar-refractivity contribution in [2.45, 2.75) is 34.1 Å². The molecule has 1 amide bonds. The van der Waals surface area contributed by atoms with Crippen LogP contribution in [0.1, 0.15) is 34.1 Å². The third-order valence-electron chi connectivity index (χ3n) is 2.14. The van der Waals surface area contributed by atoms with E-state index in [0.29, 0.717) is 6.54 Å². The van der Waals surface area contributed by atoms with Gasteiger partial charge in [0.25, 0.3) is 0 Å². The van der Waals surface area contributed by atoms with Gasteiger partial charge in [-0.2, -0.15) is 0 Å². The summed E-state index contributed by atoms with van der Waals surface area (Å²) in [5.74, 6) is -0.260. The van der Waals surface area contributed by atoms with Crippen molar-refractivity contribution in [1.29, 1.82) is 0 Å². The van der Waals surface area contributed by atoms with Crippen molar-refractivity contribution in [2.24, 2.45) is 22.3 Å². The zero-order valence-electron chi connectivity index (χ0n) is 8.48. The first-order valence-electron chi connectivity index (χ1n) is 4.21. The molecular weight excluding hydrogens is 152 g/mol. The van der Waals surface area contributed by atoms with Crippen LogP contribution < -0.4 is 11.5 Å². The maximum Gasteiger partial charge on any atom is 0.223 e. The highest BCUT2D eigenvalue weighted by Crippen LogP contribution is 2.32. The second kappa shape index (κ2) is 3.44. The van der Waals surface area contributed by atoms with E-state index >= 15 is 0 Å². The van der Waals surface area contributed by atoms with E-state index in [-0.39, 0.29) is 11.3 Å². The highest BCUT2D eigenvalue weighted by Gasteiger charge is 2.32. The quantitative estimate of drug-likeness (QED) is 0.660. The molecule has 0 saturated carbocycles.